The van der Waals surface area contributed by atoms with Crippen molar-refractivity contribution in [2.24, 2.45) is 0 Å². The summed E-state index contributed by atoms with van der Waals surface area (Å²) in [4.78, 5) is 0. The Morgan fingerprint density at radius 3 is 1.15 bits per heavy atom. The number of unbranched alkanes of at least 4 members (excludes halogenated alkanes) is 6. The predicted molar refractivity (Wildman–Crippen MR) is 85.4 cm³/mol. The molecule has 0 spiro atoms. The van der Waals surface area contributed by atoms with E-state index >= 15 is 0 Å². The molecule has 3 nitrogen and oxygen atoms in total. The van der Waals surface area contributed by atoms with E-state index in [1.165, 1.54) is 38.5 Å². The Labute approximate surface area is 137 Å². The average molecular weight is 389 g/mol. The van der Waals surface area contributed by atoms with Crippen LogP contribution >= 0.6 is 13.2 Å². The second kappa shape index (κ2) is 15.0. The van der Waals surface area contributed by atoms with Crippen molar-refractivity contribution in [3.05, 3.63) is 0 Å². The van der Waals surface area contributed by atoms with Gasteiger partial charge in [-0.2, -0.15) is 0 Å². The molecule has 0 amide bonds. The monoisotopic (exact) mass is 388 g/mol. The molecule has 0 aliphatic carbocycles. The minimum absolute atomic E-state index is 0.751. The zero-order chi connectivity index (χ0) is 15.1. The van der Waals surface area contributed by atoms with Gasteiger partial charge in [0, 0.05) is 0 Å². The van der Waals surface area contributed by atoms with Gasteiger partial charge < -0.3 is 0 Å². The van der Waals surface area contributed by atoms with Gasteiger partial charge in [0.25, 0.3) is 0 Å². The summed E-state index contributed by atoms with van der Waals surface area (Å²) in [5.74, 6) is 0. The molecule has 0 bridgehead atoms. The molecule has 0 aromatic rings. The van der Waals surface area contributed by atoms with Gasteiger partial charge in [0.15, 0.2) is 0 Å². The summed E-state index contributed by atoms with van der Waals surface area (Å²) in [6, 6.07) is 0. The molecule has 0 radical (unpaired) electrons. The fourth-order valence-corrected chi connectivity index (χ4v) is 5.97. The number of hydrogen-bond donors (Lipinski definition) is 0. The van der Waals surface area contributed by atoms with Crippen LogP contribution in [0.3, 0.4) is 0 Å². The standard InChI is InChI=1S/3C5H11O.BrH.Ti/c3*1-2-3-4-5-6;;/h3*2-5H2,1H3;1H;/q3*-1;;+4/p-1. The van der Waals surface area contributed by atoms with Crippen LogP contribution in [0.25, 0.3) is 0 Å². The van der Waals surface area contributed by atoms with Crippen molar-refractivity contribution in [2.45, 2.75) is 78.6 Å². The number of rotatable bonds is 15. The van der Waals surface area contributed by atoms with Crippen LogP contribution < -0.4 is 0 Å². The topological polar surface area (TPSA) is 27.7 Å². The molecule has 20 heavy (non-hydrogen) atoms. The van der Waals surface area contributed by atoms with Crippen LogP contribution in [0.4, 0.5) is 0 Å². The molecule has 0 unspecified atom stereocenters. The van der Waals surface area contributed by atoms with Crippen LogP contribution in [0.2, 0.25) is 0 Å². The van der Waals surface area contributed by atoms with Gasteiger partial charge in [-0.3, -0.25) is 0 Å². The first-order chi connectivity index (χ1) is 9.68. The number of hydrogen-bond acceptors (Lipinski definition) is 3. The van der Waals surface area contributed by atoms with E-state index < -0.39 is 15.7 Å². The summed E-state index contributed by atoms with van der Waals surface area (Å²) >= 11 is 0.534. The van der Waals surface area contributed by atoms with E-state index in [1.807, 2.05) is 0 Å². The van der Waals surface area contributed by atoms with Gasteiger partial charge in [0.2, 0.25) is 0 Å². The van der Waals surface area contributed by atoms with Gasteiger partial charge in [0.1, 0.15) is 0 Å². The zero-order valence-electron chi connectivity index (χ0n) is 13.6. The molecular formula is C15H33BrO3Ti. The van der Waals surface area contributed by atoms with E-state index in [1.54, 1.807) is 0 Å². The van der Waals surface area contributed by atoms with Crippen molar-refractivity contribution in [1.82, 2.24) is 0 Å². The first-order valence-electron chi connectivity index (χ1n) is 8.29. The van der Waals surface area contributed by atoms with Crippen molar-refractivity contribution in [1.29, 1.82) is 0 Å². The Morgan fingerprint density at radius 1 is 0.600 bits per heavy atom. The summed E-state index contributed by atoms with van der Waals surface area (Å²) in [7, 11) is 0. The van der Waals surface area contributed by atoms with Crippen molar-refractivity contribution in [3.63, 3.8) is 0 Å². The Hall–Kier alpha value is 1.07. The summed E-state index contributed by atoms with van der Waals surface area (Å²) in [6.45, 7) is 8.85. The van der Waals surface area contributed by atoms with Gasteiger partial charge >= 0.3 is 137 Å². The fraction of sp³-hybridized carbons (Fsp3) is 1.00. The third-order valence-corrected chi connectivity index (χ3v) is 8.47. The van der Waals surface area contributed by atoms with E-state index in [4.69, 9.17) is 9.96 Å². The SMILES string of the molecule is CCCCC[O][Ti]([Br])([O]CCCCC)[O]CCCCC. The molecular weight excluding hydrogens is 356 g/mol. The zero-order valence-corrected chi connectivity index (χ0v) is 16.7. The van der Waals surface area contributed by atoms with Gasteiger partial charge in [-0.15, -0.1) is 0 Å². The Kier molecular flexibility index (Phi) is 15.8. The first-order valence-corrected chi connectivity index (χ1v) is 14.1. The van der Waals surface area contributed by atoms with E-state index in [9.17, 15) is 0 Å². The maximum absolute atomic E-state index is 5.95. The molecule has 0 rings (SSSR count). The van der Waals surface area contributed by atoms with Gasteiger partial charge in [-0.1, -0.05) is 0 Å². The fourth-order valence-electron chi connectivity index (χ4n) is 1.76. The van der Waals surface area contributed by atoms with Crippen LogP contribution in [-0.4, -0.2) is 19.8 Å². The molecule has 0 saturated carbocycles. The second-order valence-corrected chi connectivity index (χ2v) is 12.0. The van der Waals surface area contributed by atoms with Crippen molar-refractivity contribution in [3.8, 4) is 0 Å². The molecule has 0 atom stereocenters. The Balaban J connectivity index is 3.98. The molecule has 0 aromatic heterocycles. The number of halogens is 1. The van der Waals surface area contributed by atoms with Gasteiger partial charge in [0.05, 0.1) is 0 Å². The van der Waals surface area contributed by atoms with E-state index in [0.717, 1.165) is 39.1 Å². The van der Waals surface area contributed by atoms with Crippen LogP contribution in [0.5, 0.6) is 0 Å². The summed E-state index contributed by atoms with van der Waals surface area (Å²) in [5.41, 5.74) is 0. The molecule has 0 saturated heterocycles. The van der Waals surface area contributed by atoms with E-state index in [0.29, 0.717) is 0 Å². The predicted octanol–water partition coefficient (Wildman–Crippen LogP) is 5.82. The molecule has 0 aliphatic rings. The molecule has 5 heteroatoms. The minimum atomic E-state index is -3.13. The maximum atomic E-state index is 5.95. The second-order valence-electron chi connectivity index (χ2n) is 5.15. The Morgan fingerprint density at radius 2 is 0.900 bits per heavy atom. The van der Waals surface area contributed by atoms with Crippen molar-refractivity contribution >= 4 is 13.2 Å². The van der Waals surface area contributed by atoms with Crippen molar-refractivity contribution in [2.75, 3.05) is 19.8 Å². The summed E-state index contributed by atoms with van der Waals surface area (Å²) < 4.78 is 17.9. The summed E-state index contributed by atoms with van der Waals surface area (Å²) in [5, 5.41) is 0. The molecule has 0 heterocycles. The third kappa shape index (κ3) is 12.8. The van der Waals surface area contributed by atoms with E-state index in [2.05, 4.69) is 33.9 Å². The van der Waals surface area contributed by atoms with E-state index in [-0.39, 0.29) is 0 Å². The van der Waals surface area contributed by atoms with Crippen LogP contribution in [0, 0.1) is 0 Å². The van der Waals surface area contributed by atoms with Crippen LogP contribution in [0.1, 0.15) is 78.6 Å². The Bertz CT molecular complexity index is 174. The van der Waals surface area contributed by atoms with Gasteiger partial charge in [-0.05, 0) is 0 Å². The van der Waals surface area contributed by atoms with Gasteiger partial charge in [-0.25, -0.2) is 0 Å². The molecule has 0 aliphatic heterocycles. The third-order valence-electron chi connectivity index (χ3n) is 3.07. The van der Waals surface area contributed by atoms with Crippen molar-refractivity contribution < 1.29 is 25.6 Å². The summed E-state index contributed by atoms with van der Waals surface area (Å²) in [6.07, 6.45) is 10.5. The molecule has 0 fully saturated rings. The average Bonchev–Trinajstić information content (AvgIpc) is 2.45. The van der Waals surface area contributed by atoms with Crippen LogP contribution in [0.15, 0.2) is 0 Å². The normalized spacial score (nSPS) is 12.0. The van der Waals surface area contributed by atoms with Crippen LogP contribution in [-0.2, 0) is 25.6 Å². The molecule has 0 aromatic carbocycles. The quantitative estimate of drug-likeness (QED) is 0.261. The first kappa shape index (κ1) is 21.1. The molecule has 0 N–H and O–H groups in total. The molecule has 122 valence electrons.